The Balaban J connectivity index is 1.23. The van der Waals surface area contributed by atoms with Crippen LogP contribution in [0.15, 0.2) is 79.0 Å². The van der Waals surface area contributed by atoms with Crippen LogP contribution >= 0.6 is 11.6 Å². The Kier molecular flexibility index (Phi) is 6.84. The van der Waals surface area contributed by atoms with Gasteiger partial charge in [-0.25, -0.2) is 8.78 Å². The van der Waals surface area contributed by atoms with Gasteiger partial charge in [-0.15, -0.1) is 0 Å². The highest BCUT2D eigenvalue weighted by Gasteiger charge is 2.24. The molecule has 1 aliphatic heterocycles. The number of piperidine rings is 1. The van der Waals surface area contributed by atoms with E-state index in [-0.39, 0.29) is 17.5 Å². The summed E-state index contributed by atoms with van der Waals surface area (Å²) >= 11 is 6.22. The zero-order chi connectivity index (χ0) is 24.4. The number of rotatable bonds is 6. The van der Waals surface area contributed by atoms with Gasteiger partial charge in [-0.2, -0.15) is 0 Å². The number of fused-ring (bicyclic) bond motifs is 1. The number of aromatic nitrogens is 1. The van der Waals surface area contributed by atoms with Gasteiger partial charge in [0.15, 0.2) is 0 Å². The largest absolute Gasteiger partial charge is 0.344 e. The SMILES string of the molecule is O=C(CCN1CCC(n2ccc3ccc(Cl)cc32)CC1)N(c1ccc(F)cc1)c1ccc(F)cc1. The summed E-state index contributed by atoms with van der Waals surface area (Å²) in [6, 6.07) is 20.0. The Morgan fingerprint density at radius 3 is 2.09 bits per heavy atom. The Morgan fingerprint density at radius 2 is 1.49 bits per heavy atom. The lowest BCUT2D eigenvalue weighted by molar-refractivity contribution is -0.118. The zero-order valence-corrected chi connectivity index (χ0v) is 20.0. The van der Waals surface area contributed by atoms with Gasteiger partial charge in [-0.1, -0.05) is 17.7 Å². The van der Waals surface area contributed by atoms with Crippen LogP contribution in [-0.4, -0.2) is 35.0 Å². The highest BCUT2D eigenvalue weighted by atomic mass is 35.5. The van der Waals surface area contributed by atoms with Crippen molar-refractivity contribution in [1.82, 2.24) is 9.47 Å². The van der Waals surface area contributed by atoms with Gasteiger partial charge in [0, 0.05) is 60.2 Å². The molecule has 0 unspecified atom stereocenters. The number of benzene rings is 3. The van der Waals surface area contributed by atoms with Crippen molar-refractivity contribution >= 4 is 39.8 Å². The molecule has 0 saturated carbocycles. The summed E-state index contributed by atoms with van der Waals surface area (Å²) in [6.45, 7) is 2.42. The Morgan fingerprint density at radius 1 is 0.886 bits per heavy atom. The molecule has 0 atom stereocenters. The molecule has 5 rings (SSSR count). The summed E-state index contributed by atoms with van der Waals surface area (Å²) in [6.07, 6.45) is 4.42. The second-order valence-corrected chi connectivity index (χ2v) is 9.37. The van der Waals surface area contributed by atoms with Gasteiger partial charge in [0.25, 0.3) is 0 Å². The summed E-state index contributed by atoms with van der Waals surface area (Å²) in [5, 5.41) is 1.92. The van der Waals surface area contributed by atoms with E-state index in [9.17, 15) is 13.6 Å². The number of likely N-dealkylation sites (tertiary alicyclic amines) is 1. The number of carbonyl (C=O) groups excluding carboxylic acids is 1. The molecule has 1 aromatic heterocycles. The molecule has 2 heterocycles. The van der Waals surface area contributed by atoms with Crippen molar-refractivity contribution in [1.29, 1.82) is 0 Å². The summed E-state index contributed by atoms with van der Waals surface area (Å²) in [4.78, 5) is 17.1. The van der Waals surface area contributed by atoms with E-state index in [0.717, 1.165) is 36.5 Å². The van der Waals surface area contributed by atoms with Gasteiger partial charge in [0.2, 0.25) is 5.91 Å². The van der Waals surface area contributed by atoms with E-state index in [0.29, 0.717) is 30.4 Å². The molecule has 0 N–H and O–H groups in total. The number of halogens is 3. The number of anilines is 2. The third-order valence-electron chi connectivity index (χ3n) is 6.70. The van der Waals surface area contributed by atoms with Gasteiger partial charge < -0.3 is 9.47 Å². The lowest BCUT2D eigenvalue weighted by Gasteiger charge is -2.33. The molecular weight excluding hydrogens is 468 g/mol. The lowest BCUT2D eigenvalue weighted by atomic mass is 10.0. The minimum absolute atomic E-state index is 0.114. The number of amides is 1. The molecule has 1 saturated heterocycles. The average molecular weight is 494 g/mol. The summed E-state index contributed by atoms with van der Waals surface area (Å²) in [7, 11) is 0. The fourth-order valence-corrected chi connectivity index (χ4v) is 5.01. The van der Waals surface area contributed by atoms with Crippen LogP contribution < -0.4 is 4.90 Å². The lowest BCUT2D eigenvalue weighted by Crippen LogP contribution is -2.37. The first-order chi connectivity index (χ1) is 17.0. The van der Waals surface area contributed by atoms with Crippen molar-refractivity contribution in [2.24, 2.45) is 0 Å². The molecule has 35 heavy (non-hydrogen) atoms. The monoisotopic (exact) mass is 493 g/mol. The predicted octanol–water partition coefficient (Wildman–Crippen LogP) is 6.96. The zero-order valence-electron chi connectivity index (χ0n) is 19.2. The fraction of sp³-hybridized carbons (Fsp3) is 0.250. The third-order valence-corrected chi connectivity index (χ3v) is 6.93. The molecule has 1 aliphatic rings. The molecule has 0 aliphatic carbocycles. The maximum atomic E-state index is 13.5. The topological polar surface area (TPSA) is 28.5 Å². The van der Waals surface area contributed by atoms with Crippen molar-refractivity contribution in [3.63, 3.8) is 0 Å². The van der Waals surface area contributed by atoms with Crippen LogP contribution in [0.3, 0.4) is 0 Å². The van der Waals surface area contributed by atoms with Crippen LogP contribution in [0.25, 0.3) is 10.9 Å². The molecule has 0 radical (unpaired) electrons. The van der Waals surface area contributed by atoms with E-state index in [2.05, 4.69) is 21.7 Å². The van der Waals surface area contributed by atoms with E-state index in [1.54, 1.807) is 24.3 Å². The van der Waals surface area contributed by atoms with Gasteiger partial charge in [-0.05, 0) is 85.0 Å². The highest BCUT2D eigenvalue weighted by Crippen LogP contribution is 2.30. The standard InChI is InChI=1S/C28H26ClF2N3O/c29-21-2-1-20-11-18-33(27(20)19-21)24-12-15-32(16-13-24)17-14-28(35)34(25-7-3-22(30)4-8-25)26-9-5-23(31)6-10-26/h1-11,18-19,24H,12-17H2. The summed E-state index contributed by atoms with van der Waals surface area (Å²) in [5.74, 6) is -0.863. The Bertz CT molecular complexity index is 1270. The van der Waals surface area contributed by atoms with Crippen LogP contribution in [-0.2, 0) is 4.79 Å². The Hall–Kier alpha value is -3.22. The first-order valence-corrected chi connectivity index (χ1v) is 12.2. The molecule has 0 bridgehead atoms. The van der Waals surface area contributed by atoms with Crippen molar-refractivity contribution in [2.45, 2.75) is 25.3 Å². The van der Waals surface area contributed by atoms with E-state index in [1.165, 1.54) is 34.6 Å². The first-order valence-electron chi connectivity index (χ1n) is 11.8. The van der Waals surface area contributed by atoms with Crippen molar-refractivity contribution in [3.8, 4) is 0 Å². The smallest absolute Gasteiger partial charge is 0.232 e. The summed E-state index contributed by atoms with van der Waals surface area (Å²) < 4.78 is 29.3. The first kappa shape index (κ1) is 23.5. The quantitative estimate of drug-likeness (QED) is 0.290. The van der Waals surface area contributed by atoms with Crippen molar-refractivity contribution in [2.75, 3.05) is 24.5 Å². The number of nitrogens with zero attached hydrogens (tertiary/aromatic N) is 3. The molecule has 4 aromatic rings. The molecule has 3 aromatic carbocycles. The predicted molar refractivity (Wildman–Crippen MR) is 136 cm³/mol. The van der Waals surface area contributed by atoms with Crippen LogP contribution in [0.4, 0.5) is 20.2 Å². The molecule has 1 amide bonds. The average Bonchev–Trinajstić information content (AvgIpc) is 3.28. The second kappa shape index (κ2) is 10.2. The van der Waals surface area contributed by atoms with Crippen LogP contribution in [0, 0.1) is 11.6 Å². The third kappa shape index (κ3) is 5.24. The normalized spacial score (nSPS) is 14.9. The van der Waals surface area contributed by atoms with E-state index in [1.807, 2.05) is 18.2 Å². The van der Waals surface area contributed by atoms with E-state index in [4.69, 9.17) is 11.6 Å². The fourth-order valence-electron chi connectivity index (χ4n) is 4.84. The minimum Gasteiger partial charge on any atom is -0.344 e. The van der Waals surface area contributed by atoms with Crippen LogP contribution in [0.2, 0.25) is 5.02 Å². The Labute approximate surface area is 208 Å². The van der Waals surface area contributed by atoms with Gasteiger partial charge in [-0.3, -0.25) is 9.69 Å². The van der Waals surface area contributed by atoms with Crippen LogP contribution in [0.5, 0.6) is 0 Å². The summed E-state index contributed by atoms with van der Waals surface area (Å²) in [5.41, 5.74) is 2.26. The maximum Gasteiger partial charge on any atom is 0.232 e. The van der Waals surface area contributed by atoms with E-state index >= 15 is 0 Å². The van der Waals surface area contributed by atoms with Gasteiger partial charge in [0.1, 0.15) is 11.6 Å². The number of hydrogen-bond donors (Lipinski definition) is 0. The molecule has 1 fully saturated rings. The number of carbonyl (C=O) groups is 1. The highest BCUT2D eigenvalue weighted by molar-refractivity contribution is 6.31. The second-order valence-electron chi connectivity index (χ2n) is 8.93. The van der Waals surface area contributed by atoms with Crippen molar-refractivity contribution < 1.29 is 13.6 Å². The minimum atomic E-state index is -0.374. The van der Waals surface area contributed by atoms with Gasteiger partial charge >= 0.3 is 0 Å². The molecule has 7 heteroatoms. The maximum absolute atomic E-state index is 13.5. The molecule has 4 nitrogen and oxygen atoms in total. The number of hydrogen-bond acceptors (Lipinski definition) is 2. The molecular formula is C28H26ClF2N3O. The van der Waals surface area contributed by atoms with Crippen molar-refractivity contribution in [3.05, 3.63) is 95.7 Å². The van der Waals surface area contributed by atoms with Gasteiger partial charge in [0.05, 0.1) is 0 Å². The molecule has 180 valence electrons. The molecule has 0 spiro atoms. The van der Waals surface area contributed by atoms with Crippen LogP contribution in [0.1, 0.15) is 25.3 Å². The van der Waals surface area contributed by atoms with E-state index < -0.39 is 0 Å².